The van der Waals surface area contributed by atoms with Crippen LogP contribution in [0.2, 0.25) is 0 Å². The Balaban J connectivity index is 2.69. The number of pyridine rings is 1. The van der Waals surface area contributed by atoms with Gasteiger partial charge in [-0.25, -0.2) is 0 Å². The number of amides is 2. The number of nitrogens with two attached hydrogens (primary N) is 1. The van der Waals surface area contributed by atoms with Crippen molar-refractivity contribution in [3.05, 3.63) is 29.6 Å². The first-order valence-electron chi connectivity index (χ1n) is 6.81. The maximum Gasteiger partial charge on any atom is 0.253 e. The van der Waals surface area contributed by atoms with Gasteiger partial charge in [0, 0.05) is 24.5 Å². The van der Waals surface area contributed by atoms with Crippen LogP contribution in [0.5, 0.6) is 0 Å². The van der Waals surface area contributed by atoms with E-state index in [0.717, 1.165) is 6.42 Å². The van der Waals surface area contributed by atoms with E-state index in [4.69, 9.17) is 5.73 Å². The molecule has 112 valence electrons. The molecule has 4 N–H and O–H groups in total. The second-order valence-corrected chi connectivity index (χ2v) is 4.45. The number of hydrogen-bond donors (Lipinski definition) is 3. The van der Waals surface area contributed by atoms with Gasteiger partial charge in [0.2, 0.25) is 5.91 Å². The highest BCUT2D eigenvalue weighted by Crippen LogP contribution is 2.02. The minimum atomic E-state index is -0.608. The van der Waals surface area contributed by atoms with Gasteiger partial charge in [0.05, 0.1) is 12.1 Å². The number of nitrogens with one attached hydrogen (secondary N) is 2. The van der Waals surface area contributed by atoms with E-state index in [-0.39, 0.29) is 18.4 Å². The summed E-state index contributed by atoms with van der Waals surface area (Å²) in [7, 11) is 0. The molecule has 2 amide bonds. The predicted octanol–water partition coefficient (Wildman–Crippen LogP) is 0.0363. The van der Waals surface area contributed by atoms with Crippen LogP contribution in [0.15, 0.2) is 18.5 Å². The smallest absolute Gasteiger partial charge is 0.253 e. The van der Waals surface area contributed by atoms with Crippen LogP contribution >= 0.6 is 0 Å². The Morgan fingerprint density at radius 3 is 2.86 bits per heavy atom. The molecule has 0 aliphatic rings. The normalized spacial score (nSPS) is 11.0. The molecule has 1 unspecified atom stereocenters. The third-order valence-corrected chi connectivity index (χ3v) is 2.63. The molecular weight excluding hydrogens is 268 g/mol. The summed E-state index contributed by atoms with van der Waals surface area (Å²) >= 11 is 0. The number of nitrogens with zero attached hydrogens (tertiary/aromatic N) is 1. The molecule has 0 bridgehead atoms. The van der Waals surface area contributed by atoms with E-state index in [2.05, 4.69) is 27.5 Å². The summed E-state index contributed by atoms with van der Waals surface area (Å²) in [5.74, 6) is 4.93. The Morgan fingerprint density at radius 2 is 2.19 bits per heavy atom. The Morgan fingerprint density at radius 1 is 1.43 bits per heavy atom. The lowest BCUT2D eigenvalue weighted by Gasteiger charge is -2.13. The second-order valence-electron chi connectivity index (χ2n) is 4.45. The van der Waals surface area contributed by atoms with Crippen molar-refractivity contribution in [2.45, 2.75) is 26.3 Å². The molecule has 1 aromatic rings. The van der Waals surface area contributed by atoms with E-state index in [0.29, 0.717) is 17.7 Å². The van der Waals surface area contributed by atoms with E-state index in [9.17, 15) is 9.59 Å². The van der Waals surface area contributed by atoms with Crippen molar-refractivity contribution in [1.29, 1.82) is 0 Å². The molecule has 0 fully saturated rings. The number of rotatable bonds is 5. The lowest BCUT2D eigenvalue weighted by atomic mass is 10.2. The summed E-state index contributed by atoms with van der Waals surface area (Å²) in [6.45, 7) is 4.42. The minimum Gasteiger partial charge on any atom is -0.354 e. The minimum absolute atomic E-state index is 0.211. The van der Waals surface area contributed by atoms with Gasteiger partial charge >= 0.3 is 0 Å². The van der Waals surface area contributed by atoms with Crippen LogP contribution in [-0.2, 0) is 4.79 Å². The first-order valence-corrected chi connectivity index (χ1v) is 6.81. The van der Waals surface area contributed by atoms with Crippen molar-refractivity contribution in [3.8, 4) is 11.8 Å². The quantitative estimate of drug-likeness (QED) is 0.666. The lowest BCUT2D eigenvalue weighted by molar-refractivity contribution is -0.122. The van der Waals surface area contributed by atoms with Crippen LogP contribution < -0.4 is 16.4 Å². The monoisotopic (exact) mass is 288 g/mol. The Kier molecular flexibility index (Phi) is 6.92. The molecule has 0 aliphatic carbocycles. The summed E-state index contributed by atoms with van der Waals surface area (Å²) in [6.07, 6.45) is 3.83. The summed E-state index contributed by atoms with van der Waals surface area (Å²) in [6, 6.07) is 1.00. The molecule has 1 aromatic heterocycles. The first kappa shape index (κ1) is 16.7. The van der Waals surface area contributed by atoms with Gasteiger partial charge in [0.15, 0.2) is 0 Å². The fraction of sp³-hybridized carbons (Fsp3) is 0.400. The Labute approximate surface area is 124 Å². The molecule has 0 aromatic carbocycles. The standard InChI is InChI=1S/C15H20N4O2/c1-3-7-18-14(20)11(2)19-15(21)13-8-12(5-4-6-16)9-17-10-13/h8-11H,3,6-7,16H2,1-2H3,(H,18,20)(H,19,21). The molecule has 1 rings (SSSR count). The van der Waals surface area contributed by atoms with Crippen LogP contribution in [0.1, 0.15) is 36.2 Å². The molecule has 0 saturated heterocycles. The van der Waals surface area contributed by atoms with Crippen molar-refractivity contribution in [2.75, 3.05) is 13.1 Å². The molecule has 0 saturated carbocycles. The van der Waals surface area contributed by atoms with Crippen molar-refractivity contribution in [1.82, 2.24) is 15.6 Å². The number of carbonyl (C=O) groups excluding carboxylic acids is 2. The van der Waals surface area contributed by atoms with E-state index in [1.807, 2.05) is 6.92 Å². The van der Waals surface area contributed by atoms with Gasteiger partial charge in [0.25, 0.3) is 5.91 Å². The zero-order chi connectivity index (χ0) is 15.7. The van der Waals surface area contributed by atoms with Crippen LogP contribution in [0, 0.1) is 11.8 Å². The van der Waals surface area contributed by atoms with Crippen molar-refractivity contribution in [2.24, 2.45) is 5.73 Å². The van der Waals surface area contributed by atoms with Crippen molar-refractivity contribution in [3.63, 3.8) is 0 Å². The van der Waals surface area contributed by atoms with Gasteiger partial charge in [-0.1, -0.05) is 18.8 Å². The van der Waals surface area contributed by atoms with Gasteiger partial charge in [-0.3, -0.25) is 14.6 Å². The second kappa shape index (κ2) is 8.72. The number of carbonyl (C=O) groups is 2. The fourth-order valence-corrected chi connectivity index (χ4v) is 1.53. The highest BCUT2D eigenvalue weighted by Gasteiger charge is 2.16. The van der Waals surface area contributed by atoms with Gasteiger partial charge in [-0.15, -0.1) is 0 Å². The fourth-order valence-electron chi connectivity index (χ4n) is 1.53. The molecule has 1 heterocycles. The SMILES string of the molecule is CCCNC(=O)C(C)NC(=O)c1cncc(C#CCN)c1. The number of hydrogen-bond acceptors (Lipinski definition) is 4. The molecule has 0 radical (unpaired) electrons. The van der Waals surface area contributed by atoms with E-state index in [1.54, 1.807) is 19.2 Å². The first-order chi connectivity index (χ1) is 10.1. The van der Waals surface area contributed by atoms with Crippen LogP contribution in [0.25, 0.3) is 0 Å². The van der Waals surface area contributed by atoms with E-state index in [1.165, 1.54) is 6.20 Å². The molecular formula is C15H20N4O2. The summed E-state index contributed by atoms with van der Waals surface area (Å²) in [5.41, 5.74) is 6.26. The zero-order valence-electron chi connectivity index (χ0n) is 12.3. The molecule has 6 heteroatoms. The summed E-state index contributed by atoms with van der Waals surface area (Å²) < 4.78 is 0. The largest absolute Gasteiger partial charge is 0.354 e. The van der Waals surface area contributed by atoms with Gasteiger partial charge in [-0.05, 0) is 19.4 Å². The highest BCUT2D eigenvalue weighted by molar-refractivity contribution is 5.97. The maximum atomic E-state index is 12.1. The third-order valence-electron chi connectivity index (χ3n) is 2.63. The molecule has 6 nitrogen and oxygen atoms in total. The van der Waals surface area contributed by atoms with Gasteiger partial charge in [0.1, 0.15) is 6.04 Å². The average Bonchev–Trinajstić information content (AvgIpc) is 2.50. The molecule has 21 heavy (non-hydrogen) atoms. The van der Waals surface area contributed by atoms with E-state index < -0.39 is 6.04 Å². The Hall–Kier alpha value is -2.39. The van der Waals surface area contributed by atoms with Crippen LogP contribution in [0.4, 0.5) is 0 Å². The Bertz CT molecular complexity index is 560. The van der Waals surface area contributed by atoms with Crippen LogP contribution in [0.3, 0.4) is 0 Å². The molecule has 0 aliphatic heterocycles. The van der Waals surface area contributed by atoms with E-state index >= 15 is 0 Å². The molecule has 0 spiro atoms. The zero-order valence-corrected chi connectivity index (χ0v) is 12.3. The maximum absolute atomic E-state index is 12.1. The van der Waals surface area contributed by atoms with Crippen molar-refractivity contribution < 1.29 is 9.59 Å². The lowest BCUT2D eigenvalue weighted by Crippen LogP contribution is -2.45. The molecule has 1 atom stereocenters. The predicted molar refractivity (Wildman–Crippen MR) is 80.4 cm³/mol. The topological polar surface area (TPSA) is 97.1 Å². The highest BCUT2D eigenvalue weighted by atomic mass is 16.2. The third kappa shape index (κ3) is 5.63. The number of aromatic nitrogens is 1. The van der Waals surface area contributed by atoms with Crippen LogP contribution in [-0.4, -0.2) is 35.9 Å². The van der Waals surface area contributed by atoms with Gasteiger partial charge in [-0.2, -0.15) is 0 Å². The van der Waals surface area contributed by atoms with Crippen molar-refractivity contribution >= 4 is 11.8 Å². The van der Waals surface area contributed by atoms with Gasteiger partial charge < -0.3 is 16.4 Å². The summed E-state index contributed by atoms with van der Waals surface area (Å²) in [4.78, 5) is 27.7. The summed E-state index contributed by atoms with van der Waals surface area (Å²) in [5, 5.41) is 5.35. The average molecular weight is 288 g/mol.